The van der Waals surface area contributed by atoms with Gasteiger partial charge in [-0.2, -0.15) is 0 Å². The van der Waals surface area contributed by atoms with Crippen LogP contribution < -0.4 is 10.6 Å². The van der Waals surface area contributed by atoms with Crippen molar-refractivity contribution < 1.29 is 19.2 Å². The summed E-state index contributed by atoms with van der Waals surface area (Å²) in [5.41, 5.74) is 3.54. The lowest BCUT2D eigenvalue weighted by molar-refractivity contribution is -0.151. The minimum Gasteiger partial charge on any atom is -0.334 e. The Morgan fingerprint density at radius 3 is 2.57 bits per heavy atom. The molecule has 0 saturated carbocycles. The van der Waals surface area contributed by atoms with Gasteiger partial charge in [-0.25, -0.2) is 4.79 Å². The number of nitrogens with one attached hydrogen (secondary N) is 2. The van der Waals surface area contributed by atoms with Crippen molar-refractivity contribution in [3.63, 3.8) is 0 Å². The van der Waals surface area contributed by atoms with Crippen LogP contribution in [-0.4, -0.2) is 58.8 Å². The standard InChI is InChI=1S/C28H34N4O4S/c1-19(33)32(17-26(34)31-15-7-6-10-25(31)20-8-4-3-5-9-20)27(35)24-13-11-21-16-22(12-14-23(21)24)30-28(36)29-18-37-2/h3-5,8-9,12,14,16,24-25H,6-7,10-11,13,15,17-18H2,1-2H3,(H2,29,30,36). The smallest absolute Gasteiger partial charge is 0.319 e. The van der Waals surface area contributed by atoms with Gasteiger partial charge in [0.2, 0.25) is 17.7 Å². The van der Waals surface area contributed by atoms with Crippen molar-refractivity contribution in [3.8, 4) is 0 Å². The van der Waals surface area contributed by atoms with Gasteiger partial charge >= 0.3 is 6.03 Å². The van der Waals surface area contributed by atoms with Gasteiger partial charge in [0.05, 0.1) is 17.8 Å². The van der Waals surface area contributed by atoms with Crippen LogP contribution in [0.5, 0.6) is 0 Å². The zero-order valence-corrected chi connectivity index (χ0v) is 22.2. The zero-order chi connectivity index (χ0) is 26.4. The number of anilines is 1. The number of piperidine rings is 1. The monoisotopic (exact) mass is 522 g/mol. The molecule has 0 spiro atoms. The average Bonchev–Trinajstić information content (AvgIpc) is 3.33. The van der Waals surface area contributed by atoms with Crippen molar-refractivity contribution in [1.82, 2.24) is 15.1 Å². The van der Waals surface area contributed by atoms with E-state index in [1.807, 2.05) is 53.6 Å². The molecule has 9 heteroatoms. The summed E-state index contributed by atoms with van der Waals surface area (Å²) in [5.74, 6) is -0.949. The summed E-state index contributed by atoms with van der Waals surface area (Å²) in [6.45, 7) is 1.70. The van der Waals surface area contributed by atoms with Crippen molar-refractivity contribution in [2.45, 2.75) is 51.0 Å². The number of hydrogen-bond donors (Lipinski definition) is 2. The van der Waals surface area contributed by atoms with Crippen LogP contribution in [0.3, 0.4) is 0 Å². The van der Waals surface area contributed by atoms with E-state index in [1.54, 1.807) is 6.07 Å². The van der Waals surface area contributed by atoms with Crippen LogP contribution in [0.2, 0.25) is 0 Å². The minimum absolute atomic E-state index is 0.0439. The van der Waals surface area contributed by atoms with E-state index in [2.05, 4.69) is 10.6 Å². The van der Waals surface area contributed by atoms with Crippen molar-refractivity contribution >= 4 is 41.2 Å². The third-order valence-corrected chi connectivity index (χ3v) is 7.53. The molecule has 37 heavy (non-hydrogen) atoms. The molecule has 2 unspecified atom stereocenters. The van der Waals surface area contributed by atoms with Crippen molar-refractivity contribution in [3.05, 3.63) is 65.2 Å². The van der Waals surface area contributed by atoms with Crippen LogP contribution in [0.4, 0.5) is 10.5 Å². The molecule has 2 aromatic rings. The predicted molar refractivity (Wildman–Crippen MR) is 145 cm³/mol. The number of imide groups is 1. The number of rotatable bonds is 7. The highest BCUT2D eigenvalue weighted by Crippen LogP contribution is 2.36. The predicted octanol–water partition coefficient (Wildman–Crippen LogP) is 4.29. The van der Waals surface area contributed by atoms with E-state index >= 15 is 0 Å². The summed E-state index contributed by atoms with van der Waals surface area (Å²) in [6.07, 6.45) is 5.93. The largest absolute Gasteiger partial charge is 0.334 e. The number of nitrogens with zero attached hydrogens (tertiary/aromatic N) is 2. The summed E-state index contributed by atoms with van der Waals surface area (Å²) in [6, 6.07) is 15.1. The third kappa shape index (κ3) is 6.33. The minimum atomic E-state index is -0.489. The van der Waals surface area contributed by atoms with E-state index in [1.165, 1.54) is 18.7 Å². The number of urea groups is 1. The quantitative estimate of drug-likeness (QED) is 0.529. The lowest BCUT2D eigenvalue weighted by Gasteiger charge is -2.37. The van der Waals surface area contributed by atoms with Crippen molar-refractivity contribution in [2.24, 2.45) is 0 Å². The number of fused-ring (bicyclic) bond motifs is 1. The van der Waals surface area contributed by atoms with Crippen LogP contribution in [0.15, 0.2) is 48.5 Å². The van der Waals surface area contributed by atoms with E-state index < -0.39 is 11.8 Å². The number of benzene rings is 2. The molecule has 1 aliphatic heterocycles. The van der Waals surface area contributed by atoms with Gasteiger partial charge in [0.1, 0.15) is 6.54 Å². The van der Waals surface area contributed by atoms with Gasteiger partial charge in [0.15, 0.2) is 0 Å². The number of thioether (sulfide) groups is 1. The van der Waals surface area contributed by atoms with Crippen LogP contribution in [0.25, 0.3) is 0 Å². The van der Waals surface area contributed by atoms with E-state index in [-0.39, 0.29) is 30.4 Å². The number of amides is 5. The summed E-state index contributed by atoms with van der Waals surface area (Å²) >= 11 is 1.51. The highest BCUT2D eigenvalue weighted by atomic mass is 32.2. The lowest BCUT2D eigenvalue weighted by Crippen LogP contribution is -2.48. The van der Waals surface area contributed by atoms with Gasteiger partial charge in [-0.05, 0) is 67.2 Å². The number of aryl methyl sites for hydroxylation is 1. The molecule has 1 fully saturated rings. The molecule has 1 saturated heterocycles. The van der Waals surface area contributed by atoms with Gasteiger partial charge in [-0.1, -0.05) is 36.4 Å². The first-order valence-electron chi connectivity index (χ1n) is 12.7. The topological polar surface area (TPSA) is 98.8 Å². The Bertz CT molecular complexity index is 1160. The molecule has 8 nitrogen and oxygen atoms in total. The average molecular weight is 523 g/mol. The molecule has 0 aromatic heterocycles. The number of hydrogen-bond acceptors (Lipinski definition) is 5. The molecule has 1 aliphatic carbocycles. The lowest BCUT2D eigenvalue weighted by atomic mass is 9.95. The van der Waals surface area contributed by atoms with E-state index in [0.717, 1.165) is 40.9 Å². The van der Waals surface area contributed by atoms with Crippen molar-refractivity contribution in [2.75, 3.05) is 30.5 Å². The van der Waals surface area contributed by atoms with Gasteiger partial charge in [-0.15, -0.1) is 11.8 Å². The van der Waals surface area contributed by atoms with Gasteiger partial charge in [-0.3, -0.25) is 19.3 Å². The first-order chi connectivity index (χ1) is 17.9. The molecule has 2 aromatic carbocycles. The maximum absolute atomic E-state index is 13.6. The summed E-state index contributed by atoms with van der Waals surface area (Å²) in [7, 11) is 0. The summed E-state index contributed by atoms with van der Waals surface area (Å²) in [4.78, 5) is 54.5. The Balaban J connectivity index is 1.46. The highest BCUT2D eigenvalue weighted by molar-refractivity contribution is 7.98. The molecule has 2 atom stereocenters. The molecular weight excluding hydrogens is 488 g/mol. The second-order valence-electron chi connectivity index (χ2n) is 9.52. The fourth-order valence-electron chi connectivity index (χ4n) is 5.28. The normalized spacial score (nSPS) is 18.6. The second kappa shape index (κ2) is 12.3. The molecule has 5 amide bonds. The number of carbonyl (C=O) groups excluding carboxylic acids is 4. The number of likely N-dealkylation sites (tertiary alicyclic amines) is 1. The fourth-order valence-corrected chi connectivity index (χ4v) is 5.55. The Morgan fingerprint density at radius 2 is 1.84 bits per heavy atom. The van der Waals surface area contributed by atoms with Crippen LogP contribution in [0, 0.1) is 0 Å². The van der Waals surface area contributed by atoms with Crippen LogP contribution in [0.1, 0.15) is 61.3 Å². The zero-order valence-electron chi connectivity index (χ0n) is 21.4. The highest BCUT2D eigenvalue weighted by Gasteiger charge is 2.36. The van der Waals surface area contributed by atoms with Gasteiger partial charge < -0.3 is 15.5 Å². The maximum Gasteiger partial charge on any atom is 0.319 e. The van der Waals surface area contributed by atoms with E-state index in [0.29, 0.717) is 31.0 Å². The second-order valence-corrected chi connectivity index (χ2v) is 10.4. The Labute approximate surface area is 222 Å². The first-order valence-corrected chi connectivity index (χ1v) is 14.1. The van der Waals surface area contributed by atoms with Crippen LogP contribution >= 0.6 is 11.8 Å². The Morgan fingerprint density at radius 1 is 1.05 bits per heavy atom. The van der Waals surface area contributed by atoms with Crippen LogP contribution in [-0.2, 0) is 20.8 Å². The molecule has 0 bridgehead atoms. The SMILES string of the molecule is CSCNC(=O)Nc1ccc2c(c1)CCC2C(=O)N(CC(=O)N1CCCCC1c1ccccc1)C(C)=O. The van der Waals surface area contributed by atoms with Gasteiger partial charge in [0, 0.05) is 19.2 Å². The summed E-state index contributed by atoms with van der Waals surface area (Å²) < 4.78 is 0. The summed E-state index contributed by atoms with van der Waals surface area (Å²) in [5, 5.41) is 5.55. The van der Waals surface area contributed by atoms with E-state index in [4.69, 9.17) is 0 Å². The molecular formula is C28H34N4O4S. The molecule has 4 rings (SSSR count). The fraction of sp³-hybridized carbons (Fsp3) is 0.429. The number of carbonyl (C=O) groups is 4. The van der Waals surface area contributed by atoms with Crippen molar-refractivity contribution in [1.29, 1.82) is 0 Å². The molecule has 1 heterocycles. The molecule has 196 valence electrons. The molecule has 0 radical (unpaired) electrons. The first kappa shape index (κ1) is 26.7. The molecule has 2 aliphatic rings. The Kier molecular flexibility index (Phi) is 8.87. The molecule has 2 N–H and O–H groups in total. The van der Waals surface area contributed by atoms with Gasteiger partial charge in [0.25, 0.3) is 0 Å². The third-order valence-electron chi connectivity index (χ3n) is 7.10. The van der Waals surface area contributed by atoms with E-state index in [9.17, 15) is 19.2 Å². The Hall–Kier alpha value is -3.33. The maximum atomic E-state index is 13.6.